The zero-order valence-electron chi connectivity index (χ0n) is 14.0. The number of imidazole rings is 1. The molecule has 2 aromatic rings. The van der Waals surface area contributed by atoms with Gasteiger partial charge < -0.3 is 19.9 Å². The van der Waals surface area contributed by atoms with Crippen LogP contribution in [-0.4, -0.2) is 67.7 Å². The highest BCUT2D eigenvalue weighted by Crippen LogP contribution is 2.22. The van der Waals surface area contributed by atoms with E-state index in [0.29, 0.717) is 25.2 Å². The van der Waals surface area contributed by atoms with Gasteiger partial charge in [-0.2, -0.15) is 0 Å². The molecule has 25 heavy (non-hydrogen) atoms. The molecule has 0 unspecified atom stereocenters. The van der Waals surface area contributed by atoms with Gasteiger partial charge in [0.2, 0.25) is 0 Å². The monoisotopic (exact) mass is 342 g/mol. The van der Waals surface area contributed by atoms with E-state index in [1.54, 1.807) is 23.5 Å². The number of aliphatic hydroxyl groups is 1. The van der Waals surface area contributed by atoms with Crippen molar-refractivity contribution in [2.75, 3.05) is 26.2 Å². The molecule has 2 aliphatic heterocycles. The third-order valence-corrected chi connectivity index (χ3v) is 4.91. The molecule has 4 heterocycles. The van der Waals surface area contributed by atoms with E-state index in [-0.39, 0.29) is 11.8 Å². The molecule has 1 saturated heterocycles. The number of hydrogen-bond donors (Lipinski definition) is 2. The molecule has 1 fully saturated rings. The maximum Gasteiger partial charge on any atom is 0.274 e. The first-order valence-electron chi connectivity index (χ1n) is 8.69. The van der Waals surface area contributed by atoms with Crippen molar-refractivity contribution >= 4 is 5.91 Å². The average Bonchev–Trinajstić information content (AvgIpc) is 3.12. The number of hydrogen-bond acceptors (Lipinski definition) is 6. The van der Waals surface area contributed by atoms with Crippen LogP contribution < -0.4 is 5.32 Å². The van der Waals surface area contributed by atoms with Crippen LogP contribution in [0.5, 0.6) is 0 Å². The molecule has 8 heteroatoms. The van der Waals surface area contributed by atoms with Crippen LogP contribution in [0.25, 0.3) is 0 Å². The zero-order chi connectivity index (χ0) is 17.2. The van der Waals surface area contributed by atoms with Crippen molar-refractivity contribution in [3.05, 3.63) is 42.0 Å². The highest BCUT2D eigenvalue weighted by Gasteiger charge is 2.35. The molecule has 0 aromatic carbocycles. The average molecular weight is 342 g/mol. The second-order valence-corrected chi connectivity index (χ2v) is 6.67. The van der Waals surface area contributed by atoms with Crippen LogP contribution in [0, 0.1) is 5.92 Å². The molecule has 132 valence electrons. The summed E-state index contributed by atoms with van der Waals surface area (Å²) in [5.41, 5.74) is 1.31. The fourth-order valence-corrected chi connectivity index (χ4v) is 3.56. The fourth-order valence-electron chi connectivity index (χ4n) is 3.56. The smallest absolute Gasteiger partial charge is 0.274 e. The fraction of sp³-hybridized carbons (Fsp3) is 0.529. The molecule has 0 bridgehead atoms. The number of aromatic nitrogens is 4. The number of carbonyl (C=O) groups is 1. The SMILES string of the molecule is O=C(c1cn2c(n1)CCNCC2)N1C[C@@H](Cc2cnccn2)[C@H](O)C1. The molecule has 8 nitrogen and oxygen atoms in total. The number of aliphatic hydroxyl groups excluding tert-OH is 1. The van der Waals surface area contributed by atoms with E-state index in [1.807, 2.05) is 6.20 Å². The molecule has 0 radical (unpaired) electrons. The Hall–Kier alpha value is -2.32. The topological polar surface area (TPSA) is 96.2 Å². The maximum atomic E-state index is 12.8. The number of carbonyl (C=O) groups excluding carboxylic acids is 1. The van der Waals surface area contributed by atoms with Crippen LogP contribution in [0.2, 0.25) is 0 Å². The Morgan fingerprint density at radius 3 is 3.08 bits per heavy atom. The van der Waals surface area contributed by atoms with E-state index in [9.17, 15) is 9.90 Å². The maximum absolute atomic E-state index is 12.8. The molecule has 2 aliphatic rings. The summed E-state index contributed by atoms with van der Waals surface area (Å²) < 4.78 is 2.05. The van der Waals surface area contributed by atoms with Gasteiger partial charge in [0.25, 0.3) is 5.91 Å². The normalized spacial score (nSPS) is 23.3. The molecule has 2 atom stereocenters. The molecule has 2 N–H and O–H groups in total. The number of nitrogens with zero attached hydrogens (tertiary/aromatic N) is 5. The Labute approximate surface area is 145 Å². The van der Waals surface area contributed by atoms with E-state index >= 15 is 0 Å². The van der Waals surface area contributed by atoms with Gasteiger partial charge in [0.05, 0.1) is 11.8 Å². The van der Waals surface area contributed by atoms with Crippen molar-refractivity contribution in [1.29, 1.82) is 0 Å². The zero-order valence-corrected chi connectivity index (χ0v) is 14.0. The summed E-state index contributed by atoms with van der Waals surface area (Å²) in [6.45, 7) is 3.45. The highest BCUT2D eigenvalue weighted by molar-refractivity contribution is 5.92. The van der Waals surface area contributed by atoms with Crippen molar-refractivity contribution in [2.45, 2.75) is 25.5 Å². The predicted octanol–water partition coefficient (Wildman–Crippen LogP) is -0.506. The molecule has 0 saturated carbocycles. The first-order valence-corrected chi connectivity index (χ1v) is 8.69. The number of rotatable bonds is 3. The largest absolute Gasteiger partial charge is 0.391 e. The van der Waals surface area contributed by atoms with Crippen molar-refractivity contribution < 1.29 is 9.90 Å². The summed E-state index contributed by atoms with van der Waals surface area (Å²) in [5.74, 6) is 0.823. The van der Waals surface area contributed by atoms with Gasteiger partial charge in [-0.3, -0.25) is 14.8 Å². The van der Waals surface area contributed by atoms with E-state index in [0.717, 1.165) is 37.6 Å². The van der Waals surface area contributed by atoms with E-state index in [2.05, 4.69) is 24.8 Å². The van der Waals surface area contributed by atoms with Crippen molar-refractivity contribution in [2.24, 2.45) is 5.92 Å². The van der Waals surface area contributed by atoms with Gasteiger partial charge in [-0.15, -0.1) is 0 Å². The lowest BCUT2D eigenvalue weighted by molar-refractivity contribution is 0.0759. The van der Waals surface area contributed by atoms with E-state index in [1.165, 1.54) is 0 Å². The molecule has 2 aromatic heterocycles. The molecule has 4 rings (SSSR count). The van der Waals surface area contributed by atoms with Crippen molar-refractivity contribution in [3.63, 3.8) is 0 Å². The number of β-amino-alcohol motifs (C(OH)–C–C–N with tert-alkyl or cyclic N) is 1. The van der Waals surface area contributed by atoms with Gasteiger partial charge in [-0.05, 0) is 6.42 Å². The number of amides is 1. The summed E-state index contributed by atoms with van der Waals surface area (Å²) >= 11 is 0. The summed E-state index contributed by atoms with van der Waals surface area (Å²) in [6.07, 6.45) is 7.71. The van der Waals surface area contributed by atoms with Crippen LogP contribution in [0.4, 0.5) is 0 Å². The lowest BCUT2D eigenvalue weighted by atomic mass is 10.0. The molecule has 0 aliphatic carbocycles. The molecular weight excluding hydrogens is 320 g/mol. The van der Waals surface area contributed by atoms with Crippen molar-refractivity contribution in [3.8, 4) is 0 Å². The van der Waals surface area contributed by atoms with Gasteiger partial charge in [0, 0.05) is 69.8 Å². The third-order valence-electron chi connectivity index (χ3n) is 4.91. The van der Waals surface area contributed by atoms with Gasteiger partial charge in [-0.25, -0.2) is 4.98 Å². The minimum Gasteiger partial charge on any atom is -0.391 e. The summed E-state index contributed by atoms with van der Waals surface area (Å²) in [7, 11) is 0. The second-order valence-electron chi connectivity index (χ2n) is 6.67. The van der Waals surface area contributed by atoms with Crippen LogP contribution in [0.15, 0.2) is 24.8 Å². The van der Waals surface area contributed by atoms with Crippen LogP contribution >= 0.6 is 0 Å². The Kier molecular flexibility index (Phi) is 4.46. The summed E-state index contributed by atoms with van der Waals surface area (Å²) in [6, 6.07) is 0. The first kappa shape index (κ1) is 16.2. The lowest BCUT2D eigenvalue weighted by Gasteiger charge is -2.14. The van der Waals surface area contributed by atoms with Gasteiger partial charge in [-0.1, -0.05) is 0 Å². The first-order chi connectivity index (χ1) is 12.2. The molecular formula is C17H22N6O2. The van der Waals surface area contributed by atoms with Gasteiger partial charge in [0.15, 0.2) is 0 Å². The van der Waals surface area contributed by atoms with E-state index in [4.69, 9.17) is 0 Å². The minimum absolute atomic E-state index is 0.0229. The van der Waals surface area contributed by atoms with Crippen LogP contribution in [0.1, 0.15) is 22.0 Å². The summed E-state index contributed by atoms with van der Waals surface area (Å²) in [4.78, 5) is 27.3. The Morgan fingerprint density at radius 2 is 2.24 bits per heavy atom. The number of fused-ring (bicyclic) bond motifs is 1. The lowest BCUT2D eigenvalue weighted by Crippen LogP contribution is -2.30. The second kappa shape index (κ2) is 6.89. The molecule has 1 amide bonds. The Bertz CT molecular complexity index is 723. The highest BCUT2D eigenvalue weighted by atomic mass is 16.3. The number of likely N-dealkylation sites (tertiary alicyclic amines) is 1. The summed E-state index contributed by atoms with van der Waals surface area (Å²) in [5, 5.41) is 13.7. The van der Waals surface area contributed by atoms with Gasteiger partial charge >= 0.3 is 0 Å². The third kappa shape index (κ3) is 3.40. The van der Waals surface area contributed by atoms with Gasteiger partial charge in [0.1, 0.15) is 11.5 Å². The van der Waals surface area contributed by atoms with E-state index < -0.39 is 6.10 Å². The van der Waals surface area contributed by atoms with Crippen LogP contribution in [0.3, 0.4) is 0 Å². The Morgan fingerprint density at radius 1 is 1.32 bits per heavy atom. The predicted molar refractivity (Wildman–Crippen MR) is 89.9 cm³/mol. The van der Waals surface area contributed by atoms with Crippen LogP contribution in [-0.2, 0) is 19.4 Å². The molecule has 0 spiro atoms. The standard InChI is InChI=1S/C17H22N6O2/c24-15-11-23(9-12(15)7-13-8-19-3-4-20-13)17(25)14-10-22-6-5-18-2-1-16(22)21-14/h3-4,8,10,12,15,18,24H,1-2,5-7,9,11H2/t12-,15-/m1/s1. The quantitative estimate of drug-likeness (QED) is 0.780. The Balaban J connectivity index is 1.44. The van der Waals surface area contributed by atoms with Crippen molar-refractivity contribution in [1.82, 2.24) is 29.7 Å². The minimum atomic E-state index is -0.546. The number of nitrogens with one attached hydrogen (secondary N) is 1.